The summed E-state index contributed by atoms with van der Waals surface area (Å²) >= 11 is 6.31. The van der Waals surface area contributed by atoms with Gasteiger partial charge < -0.3 is 19.7 Å². The van der Waals surface area contributed by atoms with Gasteiger partial charge >= 0.3 is 5.97 Å². The van der Waals surface area contributed by atoms with E-state index in [1.54, 1.807) is 19.2 Å². The molecule has 4 rings (SSSR count). The molecule has 0 aliphatic heterocycles. The molecular formula is C27H24ClN3O5. The second kappa shape index (κ2) is 11.2. The average Bonchev–Trinajstić information content (AvgIpc) is 3.35. The molecule has 0 radical (unpaired) electrons. The summed E-state index contributed by atoms with van der Waals surface area (Å²) < 4.78 is 11.0. The number of carbonyl (C=O) groups is 2. The van der Waals surface area contributed by atoms with Crippen molar-refractivity contribution in [2.75, 3.05) is 13.7 Å². The van der Waals surface area contributed by atoms with Crippen molar-refractivity contribution >= 4 is 23.5 Å². The Hall–Kier alpha value is -4.01. The number of hydrogen-bond donors (Lipinski definition) is 2. The number of carbonyl (C=O) groups excluding carboxylic acids is 1. The summed E-state index contributed by atoms with van der Waals surface area (Å²) in [5.74, 6) is -0.795. The summed E-state index contributed by atoms with van der Waals surface area (Å²) in [5.41, 5.74) is 5.91. The molecule has 0 unspecified atom stereocenters. The number of carboxylic acid groups (broad SMARTS) is 1. The molecule has 36 heavy (non-hydrogen) atoms. The van der Waals surface area contributed by atoms with Gasteiger partial charge in [-0.15, -0.1) is 0 Å². The molecule has 1 heterocycles. The summed E-state index contributed by atoms with van der Waals surface area (Å²) in [5, 5.41) is 15.5. The van der Waals surface area contributed by atoms with Crippen molar-refractivity contribution < 1.29 is 24.0 Å². The van der Waals surface area contributed by atoms with Crippen LogP contribution in [0.3, 0.4) is 0 Å². The fourth-order valence-electron chi connectivity index (χ4n) is 3.81. The van der Waals surface area contributed by atoms with Crippen LogP contribution in [-0.4, -0.2) is 40.8 Å². The monoisotopic (exact) mass is 505 g/mol. The van der Waals surface area contributed by atoms with Crippen LogP contribution in [0.2, 0.25) is 5.02 Å². The lowest BCUT2D eigenvalue weighted by Crippen LogP contribution is -2.26. The number of benzene rings is 3. The van der Waals surface area contributed by atoms with E-state index in [0.29, 0.717) is 23.9 Å². The topological polar surface area (TPSA) is 115 Å². The van der Waals surface area contributed by atoms with Gasteiger partial charge in [-0.2, -0.15) is 4.98 Å². The van der Waals surface area contributed by atoms with Crippen LogP contribution in [-0.2, 0) is 16.1 Å². The minimum atomic E-state index is -0.996. The van der Waals surface area contributed by atoms with Gasteiger partial charge in [-0.1, -0.05) is 53.2 Å². The maximum absolute atomic E-state index is 12.3. The summed E-state index contributed by atoms with van der Waals surface area (Å²) in [6.07, 6.45) is -0.175. The highest BCUT2D eigenvalue weighted by Crippen LogP contribution is 2.32. The highest BCUT2D eigenvalue weighted by molar-refractivity contribution is 6.34. The highest BCUT2D eigenvalue weighted by atomic mass is 35.5. The van der Waals surface area contributed by atoms with Crippen LogP contribution in [0.1, 0.15) is 27.9 Å². The van der Waals surface area contributed by atoms with E-state index < -0.39 is 11.9 Å². The molecule has 0 aliphatic carbocycles. The fraction of sp³-hybridized carbons (Fsp3) is 0.185. The van der Waals surface area contributed by atoms with Crippen LogP contribution in [0.5, 0.6) is 0 Å². The SMILES string of the molecule is COCc1cc(-c2nc(-c3ccc(C(=O)NCCC(=O)O)c(Cl)c3)no2)ccc1-c1ccccc1C. The first-order valence-electron chi connectivity index (χ1n) is 11.2. The molecule has 4 aromatic rings. The number of carboxylic acids is 1. The van der Waals surface area contributed by atoms with Crippen LogP contribution in [0.4, 0.5) is 0 Å². The Balaban J connectivity index is 1.58. The molecule has 3 aromatic carbocycles. The first-order valence-corrected chi connectivity index (χ1v) is 11.6. The van der Waals surface area contributed by atoms with E-state index in [2.05, 4.69) is 34.5 Å². The zero-order chi connectivity index (χ0) is 25.7. The standard InChI is InChI=1S/C27H24ClN3O5/c1-16-5-3-4-6-20(16)21-9-8-18(13-19(21)15-35-2)27-30-25(31-36-27)17-7-10-22(23(28)14-17)26(34)29-12-11-24(32)33/h3-10,13-14H,11-12,15H2,1-2H3,(H,29,34)(H,32,33). The number of aryl methyl sites for hydroxylation is 1. The van der Waals surface area contributed by atoms with Crippen LogP contribution in [0, 0.1) is 6.92 Å². The van der Waals surface area contributed by atoms with E-state index in [1.807, 2.05) is 30.3 Å². The first-order chi connectivity index (χ1) is 17.4. The number of methoxy groups -OCH3 is 1. The molecule has 0 fully saturated rings. The molecule has 184 valence electrons. The smallest absolute Gasteiger partial charge is 0.305 e. The summed E-state index contributed by atoms with van der Waals surface area (Å²) in [4.78, 5) is 27.4. The van der Waals surface area contributed by atoms with Crippen molar-refractivity contribution in [3.8, 4) is 34.0 Å². The second-order valence-electron chi connectivity index (χ2n) is 8.14. The van der Waals surface area contributed by atoms with Crippen LogP contribution in [0.15, 0.2) is 65.2 Å². The summed E-state index contributed by atoms with van der Waals surface area (Å²) in [7, 11) is 1.65. The fourth-order valence-corrected chi connectivity index (χ4v) is 4.08. The molecule has 0 bridgehead atoms. The third-order valence-electron chi connectivity index (χ3n) is 5.61. The minimum Gasteiger partial charge on any atom is -0.481 e. The Morgan fingerprint density at radius 2 is 1.83 bits per heavy atom. The van der Waals surface area contributed by atoms with Crippen molar-refractivity contribution in [3.63, 3.8) is 0 Å². The van der Waals surface area contributed by atoms with Crippen molar-refractivity contribution in [1.82, 2.24) is 15.5 Å². The number of halogens is 1. The van der Waals surface area contributed by atoms with E-state index in [0.717, 1.165) is 22.3 Å². The molecule has 8 nitrogen and oxygen atoms in total. The molecule has 1 amide bonds. The van der Waals surface area contributed by atoms with Gasteiger partial charge in [0, 0.05) is 24.8 Å². The Labute approximate surface area is 212 Å². The molecule has 9 heteroatoms. The lowest BCUT2D eigenvalue weighted by molar-refractivity contribution is -0.136. The zero-order valence-corrected chi connectivity index (χ0v) is 20.5. The average molecular weight is 506 g/mol. The molecule has 0 saturated heterocycles. The molecule has 0 atom stereocenters. The summed E-state index contributed by atoms with van der Waals surface area (Å²) in [6.45, 7) is 2.50. The number of nitrogens with one attached hydrogen (secondary N) is 1. The zero-order valence-electron chi connectivity index (χ0n) is 19.7. The van der Waals surface area contributed by atoms with E-state index in [4.69, 9.17) is 26.0 Å². The van der Waals surface area contributed by atoms with Crippen LogP contribution in [0.25, 0.3) is 34.0 Å². The third kappa shape index (κ3) is 5.62. The van der Waals surface area contributed by atoms with Crippen LogP contribution >= 0.6 is 11.6 Å². The van der Waals surface area contributed by atoms with Gasteiger partial charge in [-0.3, -0.25) is 9.59 Å². The van der Waals surface area contributed by atoms with Gasteiger partial charge in [-0.05, 0) is 53.4 Å². The number of ether oxygens (including phenoxy) is 1. The maximum Gasteiger partial charge on any atom is 0.305 e. The third-order valence-corrected chi connectivity index (χ3v) is 5.92. The Kier molecular flexibility index (Phi) is 7.77. The van der Waals surface area contributed by atoms with Gasteiger partial charge in [0.2, 0.25) is 5.82 Å². The molecule has 0 saturated carbocycles. The van der Waals surface area contributed by atoms with E-state index in [1.165, 1.54) is 11.6 Å². The molecule has 2 N–H and O–H groups in total. The Morgan fingerprint density at radius 1 is 1.06 bits per heavy atom. The minimum absolute atomic E-state index is 0.00807. The maximum atomic E-state index is 12.3. The van der Waals surface area contributed by atoms with Crippen molar-refractivity contribution in [1.29, 1.82) is 0 Å². The van der Waals surface area contributed by atoms with Crippen LogP contribution < -0.4 is 5.32 Å². The van der Waals surface area contributed by atoms with Crippen molar-refractivity contribution in [2.24, 2.45) is 0 Å². The van der Waals surface area contributed by atoms with Crippen molar-refractivity contribution in [2.45, 2.75) is 20.0 Å². The largest absolute Gasteiger partial charge is 0.481 e. The molecule has 0 spiro atoms. The van der Waals surface area contributed by atoms with Gasteiger partial charge in [-0.25, -0.2) is 0 Å². The molecule has 0 aliphatic rings. The summed E-state index contributed by atoms with van der Waals surface area (Å²) in [6, 6.07) is 18.8. The van der Waals surface area contributed by atoms with E-state index >= 15 is 0 Å². The predicted molar refractivity (Wildman–Crippen MR) is 136 cm³/mol. The lowest BCUT2D eigenvalue weighted by Gasteiger charge is -2.12. The Bertz CT molecular complexity index is 1420. The van der Waals surface area contributed by atoms with E-state index in [9.17, 15) is 9.59 Å². The number of amides is 1. The normalized spacial score (nSPS) is 10.9. The molecular weight excluding hydrogens is 482 g/mol. The van der Waals surface area contributed by atoms with Gasteiger partial charge in [0.1, 0.15) is 0 Å². The Morgan fingerprint density at radius 3 is 2.56 bits per heavy atom. The number of aromatic nitrogens is 2. The van der Waals surface area contributed by atoms with Gasteiger partial charge in [0.25, 0.3) is 11.8 Å². The number of rotatable bonds is 9. The van der Waals surface area contributed by atoms with E-state index in [-0.39, 0.29) is 23.6 Å². The van der Waals surface area contributed by atoms with Gasteiger partial charge in [0.15, 0.2) is 0 Å². The second-order valence-corrected chi connectivity index (χ2v) is 8.54. The first kappa shape index (κ1) is 25.1. The lowest BCUT2D eigenvalue weighted by atomic mass is 9.94. The highest BCUT2D eigenvalue weighted by Gasteiger charge is 2.17. The molecule has 1 aromatic heterocycles. The number of hydrogen-bond acceptors (Lipinski definition) is 6. The van der Waals surface area contributed by atoms with Crippen molar-refractivity contribution in [3.05, 3.63) is 82.4 Å². The predicted octanol–water partition coefficient (Wildman–Crippen LogP) is 5.38. The quantitative estimate of drug-likeness (QED) is 0.313. The number of nitrogens with zero attached hydrogens (tertiary/aromatic N) is 2. The number of aliphatic carboxylic acids is 1. The van der Waals surface area contributed by atoms with Gasteiger partial charge in [0.05, 0.1) is 23.6 Å².